The van der Waals surface area contributed by atoms with Crippen LogP contribution in [0.5, 0.6) is 0 Å². The zero-order valence-electron chi connectivity index (χ0n) is 21.9. The highest BCUT2D eigenvalue weighted by Gasteiger charge is 2.46. The standard InChI is InChI=1S/C25H32FN5O7/c1-13(2)18(27)23(34)30(24(35)37-5)22(33)17-7-6-12-29(17)19(14(3)4)20(32)21-28-31(25(36)38-21)16-10-8-15(26)9-11-16/h8-11,13-14,17-19H,6-7,12,27H2,1-5H3/t17-,18-,19-/m0/s1. The van der Waals surface area contributed by atoms with Crippen molar-refractivity contribution in [3.8, 4) is 5.69 Å². The maximum atomic E-state index is 13.6. The van der Waals surface area contributed by atoms with Gasteiger partial charge in [-0.2, -0.15) is 9.58 Å². The minimum absolute atomic E-state index is 0.197. The van der Waals surface area contributed by atoms with Crippen LogP contribution < -0.4 is 11.5 Å². The molecule has 1 aromatic heterocycles. The number of amides is 3. The molecule has 2 N–H and O–H groups in total. The maximum absolute atomic E-state index is 13.6. The predicted molar refractivity (Wildman–Crippen MR) is 132 cm³/mol. The largest absolute Gasteiger partial charge is 0.452 e. The lowest BCUT2D eigenvalue weighted by atomic mass is 9.96. The average molecular weight is 534 g/mol. The van der Waals surface area contributed by atoms with Gasteiger partial charge >= 0.3 is 11.8 Å². The molecular weight excluding hydrogens is 501 g/mol. The van der Waals surface area contributed by atoms with E-state index < -0.39 is 59.3 Å². The number of hydrogen-bond donors (Lipinski definition) is 1. The number of likely N-dealkylation sites (tertiary alicyclic amines) is 1. The first-order valence-corrected chi connectivity index (χ1v) is 12.3. The highest BCUT2D eigenvalue weighted by atomic mass is 19.1. The first-order valence-electron chi connectivity index (χ1n) is 12.3. The van der Waals surface area contributed by atoms with E-state index in [9.17, 15) is 28.4 Å². The van der Waals surface area contributed by atoms with Crippen LogP contribution in [0.3, 0.4) is 0 Å². The molecular formula is C25H32FN5O7. The molecule has 1 aromatic carbocycles. The van der Waals surface area contributed by atoms with Crippen molar-refractivity contribution in [3.05, 3.63) is 46.5 Å². The molecule has 38 heavy (non-hydrogen) atoms. The lowest BCUT2D eigenvalue weighted by Gasteiger charge is -2.34. The van der Waals surface area contributed by atoms with E-state index in [1.54, 1.807) is 32.6 Å². The van der Waals surface area contributed by atoms with E-state index in [4.69, 9.17) is 10.2 Å². The zero-order valence-corrected chi connectivity index (χ0v) is 21.9. The molecule has 1 saturated heterocycles. The number of ketones is 1. The number of halogens is 1. The number of rotatable bonds is 8. The second-order valence-electron chi connectivity index (χ2n) is 9.76. The quantitative estimate of drug-likeness (QED) is 0.496. The van der Waals surface area contributed by atoms with E-state index >= 15 is 0 Å². The monoisotopic (exact) mass is 533 g/mol. The Labute approximate surface area is 218 Å². The Morgan fingerprint density at radius 3 is 2.32 bits per heavy atom. The first-order chi connectivity index (χ1) is 17.9. The van der Waals surface area contributed by atoms with Crippen LogP contribution in [0, 0.1) is 17.7 Å². The van der Waals surface area contributed by atoms with E-state index in [0.717, 1.165) is 23.9 Å². The molecule has 13 heteroatoms. The first kappa shape index (κ1) is 28.9. The minimum Gasteiger partial charge on any atom is -0.452 e. The Morgan fingerprint density at radius 1 is 1.13 bits per heavy atom. The van der Waals surface area contributed by atoms with Gasteiger partial charge in [0.2, 0.25) is 5.78 Å². The number of methoxy groups -OCH3 is 1. The van der Waals surface area contributed by atoms with Gasteiger partial charge < -0.3 is 14.9 Å². The molecule has 2 aromatic rings. The number of carbonyl (C=O) groups excluding carboxylic acids is 4. The zero-order chi connectivity index (χ0) is 28.3. The van der Waals surface area contributed by atoms with Crippen molar-refractivity contribution in [2.75, 3.05) is 13.7 Å². The lowest BCUT2D eigenvalue weighted by molar-refractivity contribution is -0.146. The molecule has 0 saturated carbocycles. The topological polar surface area (TPSA) is 158 Å². The number of hydrogen-bond acceptors (Lipinski definition) is 10. The van der Waals surface area contributed by atoms with Crippen molar-refractivity contribution in [1.29, 1.82) is 0 Å². The number of aromatic nitrogens is 2. The Balaban J connectivity index is 1.94. The number of carbonyl (C=O) groups is 4. The van der Waals surface area contributed by atoms with E-state index in [1.165, 1.54) is 12.1 Å². The lowest BCUT2D eigenvalue weighted by Crippen LogP contribution is -2.58. The fraction of sp³-hybridized carbons (Fsp3) is 0.520. The fourth-order valence-corrected chi connectivity index (χ4v) is 4.44. The van der Waals surface area contributed by atoms with E-state index in [1.807, 2.05) is 0 Å². The van der Waals surface area contributed by atoms with E-state index in [-0.39, 0.29) is 23.9 Å². The average Bonchev–Trinajstić information content (AvgIpc) is 3.50. The molecule has 3 atom stereocenters. The predicted octanol–water partition coefficient (Wildman–Crippen LogP) is 1.74. The molecule has 1 aliphatic rings. The molecule has 1 fully saturated rings. The van der Waals surface area contributed by atoms with Crippen LogP contribution in [0.25, 0.3) is 5.69 Å². The molecule has 0 spiro atoms. The Kier molecular flexibility index (Phi) is 8.94. The van der Waals surface area contributed by atoms with Crippen LogP contribution in [0.4, 0.5) is 9.18 Å². The van der Waals surface area contributed by atoms with Crippen molar-refractivity contribution >= 4 is 23.7 Å². The Bertz CT molecular complexity index is 1250. The molecule has 12 nitrogen and oxygen atoms in total. The summed E-state index contributed by atoms with van der Waals surface area (Å²) in [5.74, 6) is -5.09. The number of imide groups is 3. The number of benzene rings is 1. The van der Waals surface area contributed by atoms with Crippen LogP contribution in [0.15, 0.2) is 33.5 Å². The van der Waals surface area contributed by atoms with Crippen LogP contribution in [-0.4, -0.2) is 75.1 Å². The van der Waals surface area contributed by atoms with Gasteiger partial charge in [-0.15, -0.1) is 5.10 Å². The summed E-state index contributed by atoms with van der Waals surface area (Å²) in [6.45, 7) is 7.14. The summed E-state index contributed by atoms with van der Waals surface area (Å²) in [7, 11) is 1.04. The van der Waals surface area contributed by atoms with Crippen LogP contribution >= 0.6 is 0 Å². The summed E-state index contributed by atoms with van der Waals surface area (Å²) in [4.78, 5) is 67.0. The van der Waals surface area contributed by atoms with Gasteiger partial charge in [0.15, 0.2) is 0 Å². The third kappa shape index (κ3) is 5.73. The molecule has 0 radical (unpaired) electrons. The summed E-state index contributed by atoms with van der Waals surface area (Å²) in [6, 6.07) is 1.77. The van der Waals surface area contributed by atoms with Gasteiger partial charge in [-0.1, -0.05) is 27.7 Å². The third-order valence-corrected chi connectivity index (χ3v) is 6.47. The molecule has 2 heterocycles. The van der Waals surface area contributed by atoms with Gasteiger partial charge in [0.25, 0.3) is 17.7 Å². The second-order valence-corrected chi connectivity index (χ2v) is 9.76. The molecule has 3 amide bonds. The summed E-state index contributed by atoms with van der Waals surface area (Å²) in [6.07, 6.45) is -0.402. The smallest absolute Gasteiger partial charge is 0.442 e. The molecule has 3 rings (SSSR count). The fourth-order valence-electron chi connectivity index (χ4n) is 4.44. The van der Waals surface area contributed by atoms with E-state index in [0.29, 0.717) is 17.9 Å². The van der Waals surface area contributed by atoms with Crippen molar-refractivity contribution < 1.29 is 32.7 Å². The van der Waals surface area contributed by atoms with Gasteiger partial charge in [-0.05, 0) is 55.5 Å². The Morgan fingerprint density at radius 2 is 1.76 bits per heavy atom. The SMILES string of the molecule is COC(=O)N(C(=O)[C@@H](N)C(C)C)C(=O)[C@@H]1CCCN1[C@H](C(=O)c1nn(-c2ccc(F)cc2)c(=O)o1)C(C)C. The van der Waals surface area contributed by atoms with Crippen LogP contribution in [0.1, 0.15) is 51.2 Å². The minimum atomic E-state index is -1.17. The normalized spacial score (nSPS) is 17.4. The number of Topliss-reactive ketones (excluding diaryl/α,β-unsaturated/α-hetero) is 1. The summed E-state index contributed by atoms with van der Waals surface area (Å²) in [5.41, 5.74) is 6.13. The molecule has 0 bridgehead atoms. The van der Waals surface area contributed by atoms with Crippen molar-refractivity contribution in [2.45, 2.75) is 58.7 Å². The number of nitrogens with two attached hydrogens (primary N) is 1. The summed E-state index contributed by atoms with van der Waals surface area (Å²) >= 11 is 0. The number of ether oxygens (including phenoxy) is 1. The van der Waals surface area contributed by atoms with Gasteiger partial charge in [-0.25, -0.2) is 14.0 Å². The summed E-state index contributed by atoms with van der Waals surface area (Å²) < 4.78 is 23.9. The molecule has 0 aliphatic carbocycles. The second kappa shape index (κ2) is 11.8. The maximum Gasteiger partial charge on any atom is 0.442 e. The van der Waals surface area contributed by atoms with Crippen molar-refractivity contribution in [1.82, 2.24) is 19.6 Å². The van der Waals surface area contributed by atoms with Gasteiger partial charge in [0.05, 0.1) is 30.9 Å². The van der Waals surface area contributed by atoms with Gasteiger partial charge in [-0.3, -0.25) is 19.3 Å². The van der Waals surface area contributed by atoms with Crippen molar-refractivity contribution in [2.24, 2.45) is 17.6 Å². The molecule has 206 valence electrons. The summed E-state index contributed by atoms with van der Waals surface area (Å²) in [5, 5.41) is 4.00. The van der Waals surface area contributed by atoms with Crippen LogP contribution in [0.2, 0.25) is 0 Å². The van der Waals surface area contributed by atoms with Crippen LogP contribution in [-0.2, 0) is 14.3 Å². The highest BCUT2D eigenvalue weighted by Crippen LogP contribution is 2.28. The van der Waals surface area contributed by atoms with Gasteiger partial charge in [0.1, 0.15) is 5.82 Å². The molecule has 1 aliphatic heterocycles. The number of nitrogens with zero attached hydrogens (tertiary/aromatic N) is 4. The van der Waals surface area contributed by atoms with Crippen molar-refractivity contribution in [3.63, 3.8) is 0 Å². The third-order valence-electron chi connectivity index (χ3n) is 6.47. The van der Waals surface area contributed by atoms with Gasteiger partial charge in [0, 0.05) is 0 Å². The van der Waals surface area contributed by atoms with E-state index in [2.05, 4.69) is 9.84 Å². The molecule has 0 unspecified atom stereocenters. The Hall–Kier alpha value is -3.71. The highest BCUT2D eigenvalue weighted by molar-refractivity contribution is 6.12.